The van der Waals surface area contributed by atoms with Crippen LogP contribution in [0.2, 0.25) is 4.34 Å². The predicted octanol–water partition coefficient (Wildman–Crippen LogP) is 3.96. The second-order valence-electron chi connectivity index (χ2n) is 3.95. The van der Waals surface area contributed by atoms with E-state index in [0.29, 0.717) is 9.21 Å². The molecule has 0 spiro atoms. The molecule has 1 aromatic heterocycles. The van der Waals surface area contributed by atoms with Crippen LogP contribution in [0.25, 0.3) is 0 Å². The van der Waals surface area contributed by atoms with Crippen molar-refractivity contribution < 1.29 is 14.5 Å². The monoisotopic (exact) mass is 311 g/mol. The van der Waals surface area contributed by atoms with E-state index in [-0.39, 0.29) is 17.2 Å². The highest BCUT2D eigenvalue weighted by molar-refractivity contribution is 7.18. The maximum atomic E-state index is 12.1. The summed E-state index contributed by atoms with van der Waals surface area (Å²) in [7, 11) is 0. The first-order valence-corrected chi connectivity index (χ1v) is 6.88. The molecule has 0 aliphatic heterocycles. The van der Waals surface area contributed by atoms with E-state index in [2.05, 4.69) is 0 Å². The highest BCUT2D eigenvalue weighted by Gasteiger charge is 2.22. The quantitative estimate of drug-likeness (QED) is 0.476. The zero-order chi connectivity index (χ0) is 14.7. The van der Waals surface area contributed by atoms with Crippen LogP contribution in [0.5, 0.6) is 5.75 Å². The van der Waals surface area contributed by atoms with Crippen LogP contribution in [0.4, 0.5) is 5.69 Å². The maximum Gasteiger partial charge on any atom is 0.310 e. The standard InChI is InChI=1S/C13H10ClNO4S/c1-8(13(16)11-6-7-12(14)20-11)19-10-5-3-2-4-9(10)15(17)18/h2-8H,1H3. The molecule has 2 aromatic rings. The first-order valence-electron chi connectivity index (χ1n) is 5.68. The van der Waals surface area contributed by atoms with Gasteiger partial charge in [-0.15, -0.1) is 11.3 Å². The lowest BCUT2D eigenvalue weighted by atomic mass is 10.2. The average Bonchev–Trinajstić information content (AvgIpc) is 2.84. The van der Waals surface area contributed by atoms with Crippen LogP contribution in [-0.4, -0.2) is 16.8 Å². The smallest absolute Gasteiger partial charge is 0.310 e. The zero-order valence-electron chi connectivity index (χ0n) is 10.4. The maximum absolute atomic E-state index is 12.1. The molecule has 0 saturated carbocycles. The van der Waals surface area contributed by atoms with Crippen molar-refractivity contribution in [3.63, 3.8) is 0 Å². The van der Waals surface area contributed by atoms with E-state index in [1.807, 2.05) is 0 Å². The highest BCUT2D eigenvalue weighted by Crippen LogP contribution is 2.28. The van der Waals surface area contributed by atoms with Crippen molar-refractivity contribution in [2.24, 2.45) is 0 Å². The fourth-order valence-corrected chi connectivity index (χ4v) is 2.66. The number of rotatable bonds is 5. The van der Waals surface area contributed by atoms with Crippen LogP contribution in [0, 0.1) is 10.1 Å². The number of nitro benzene ring substituents is 1. The van der Waals surface area contributed by atoms with E-state index >= 15 is 0 Å². The van der Waals surface area contributed by atoms with Crippen LogP contribution in [-0.2, 0) is 0 Å². The van der Waals surface area contributed by atoms with Crippen LogP contribution >= 0.6 is 22.9 Å². The Bertz CT molecular complexity index is 655. The molecule has 0 bridgehead atoms. The van der Waals surface area contributed by atoms with Crippen molar-refractivity contribution in [3.05, 3.63) is 55.7 Å². The number of ketones is 1. The topological polar surface area (TPSA) is 69.4 Å². The van der Waals surface area contributed by atoms with Crippen LogP contribution in [0.3, 0.4) is 0 Å². The molecular formula is C13H10ClNO4S. The number of carbonyl (C=O) groups is 1. The molecule has 1 aromatic carbocycles. The van der Waals surface area contributed by atoms with Gasteiger partial charge < -0.3 is 4.74 Å². The number of thiophene rings is 1. The van der Waals surface area contributed by atoms with Gasteiger partial charge in [0.15, 0.2) is 11.9 Å². The Morgan fingerprint density at radius 3 is 2.65 bits per heavy atom. The average molecular weight is 312 g/mol. The summed E-state index contributed by atoms with van der Waals surface area (Å²) in [5, 5.41) is 10.9. The number of hydrogen-bond donors (Lipinski definition) is 0. The van der Waals surface area contributed by atoms with Crippen LogP contribution in [0.15, 0.2) is 36.4 Å². The van der Waals surface area contributed by atoms with Gasteiger partial charge in [0, 0.05) is 6.07 Å². The fourth-order valence-electron chi connectivity index (χ4n) is 1.60. The molecule has 104 valence electrons. The normalized spacial score (nSPS) is 11.9. The van der Waals surface area contributed by atoms with Crippen molar-refractivity contribution in [3.8, 4) is 5.75 Å². The number of ether oxygens (including phenoxy) is 1. The Labute approximate surface area is 123 Å². The number of halogens is 1. The van der Waals surface area contributed by atoms with Crippen molar-refractivity contribution in [1.29, 1.82) is 0 Å². The molecular weight excluding hydrogens is 302 g/mol. The van der Waals surface area contributed by atoms with Gasteiger partial charge in [-0.2, -0.15) is 0 Å². The van der Waals surface area contributed by atoms with Gasteiger partial charge in [-0.3, -0.25) is 14.9 Å². The summed E-state index contributed by atoms with van der Waals surface area (Å²) in [6, 6.07) is 9.17. The third-order valence-corrected chi connectivity index (χ3v) is 3.80. The van der Waals surface area contributed by atoms with Gasteiger partial charge in [-0.25, -0.2) is 0 Å². The Balaban J connectivity index is 2.18. The van der Waals surface area contributed by atoms with E-state index in [9.17, 15) is 14.9 Å². The van der Waals surface area contributed by atoms with E-state index < -0.39 is 11.0 Å². The van der Waals surface area contributed by atoms with E-state index in [1.54, 1.807) is 25.1 Å². The molecule has 0 aliphatic rings. The molecule has 5 nitrogen and oxygen atoms in total. The SMILES string of the molecule is CC(Oc1ccccc1[N+](=O)[O-])C(=O)c1ccc(Cl)s1. The van der Waals surface area contributed by atoms with E-state index in [1.165, 1.54) is 18.2 Å². The minimum absolute atomic E-state index is 0.0704. The summed E-state index contributed by atoms with van der Waals surface area (Å²) < 4.78 is 5.91. The molecule has 0 radical (unpaired) electrons. The summed E-state index contributed by atoms with van der Waals surface area (Å²) in [6.45, 7) is 1.55. The molecule has 0 N–H and O–H groups in total. The zero-order valence-corrected chi connectivity index (χ0v) is 12.0. The number of nitro groups is 1. The summed E-state index contributed by atoms with van der Waals surface area (Å²) in [5.74, 6) is -0.193. The lowest BCUT2D eigenvalue weighted by molar-refractivity contribution is -0.386. The second-order valence-corrected chi connectivity index (χ2v) is 5.67. The van der Waals surface area contributed by atoms with E-state index in [4.69, 9.17) is 16.3 Å². The molecule has 7 heteroatoms. The van der Waals surface area contributed by atoms with Gasteiger partial charge in [0.2, 0.25) is 5.78 Å². The molecule has 1 heterocycles. The Kier molecular flexibility index (Phi) is 4.36. The summed E-state index contributed by atoms with van der Waals surface area (Å²) in [5.41, 5.74) is -0.170. The van der Waals surface area contributed by atoms with Crippen LogP contribution in [0.1, 0.15) is 16.6 Å². The first kappa shape index (κ1) is 14.5. The lowest BCUT2D eigenvalue weighted by Gasteiger charge is -2.12. The molecule has 0 amide bonds. The van der Waals surface area contributed by atoms with Gasteiger partial charge in [-0.1, -0.05) is 23.7 Å². The minimum Gasteiger partial charge on any atom is -0.475 e. The summed E-state index contributed by atoms with van der Waals surface area (Å²) in [4.78, 5) is 22.9. The predicted molar refractivity (Wildman–Crippen MR) is 76.8 cm³/mol. The number of Topliss-reactive ketones (excluding diaryl/α,β-unsaturated/α-hetero) is 1. The Morgan fingerprint density at radius 1 is 1.35 bits per heavy atom. The summed E-state index contributed by atoms with van der Waals surface area (Å²) in [6.07, 6.45) is -0.828. The van der Waals surface area contributed by atoms with Crippen molar-refractivity contribution in [2.45, 2.75) is 13.0 Å². The Hall–Kier alpha value is -1.92. The van der Waals surface area contributed by atoms with Gasteiger partial charge in [0.25, 0.3) is 0 Å². The van der Waals surface area contributed by atoms with Crippen molar-refractivity contribution in [1.82, 2.24) is 0 Å². The lowest BCUT2D eigenvalue weighted by Crippen LogP contribution is -2.23. The van der Waals surface area contributed by atoms with Gasteiger partial charge in [0.05, 0.1) is 14.1 Å². The van der Waals surface area contributed by atoms with Gasteiger partial charge in [-0.05, 0) is 25.1 Å². The molecule has 1 unspecified atom stereocenters. The van der Waals surface area contributed by atoms with E-state index in [0.717, 1.165) is 11.3 Å². The third kappa shape index (κ3) is 3.15. The summed E-state index contributed by atoms with van der Waals surface area (Å²) >= 11 is 6.92. The number of nitrogens with zero attached hydrogens (tertiary/aromatic N) is 1. The first-order chi connectivity index (χ1) is 9.49. The highest BCUT2D eigenvalue weighted by atomic mass is 35.5. The minimum atomic E-state index is -0.828. The largest absolute Gasteiger partial charge is 0.475 e. The Morgan fingerprint density at radius 2 is 2.05 bits per heavy atom. The fraction of sp³-hybridized carbons (Fsp3) is 0.154. The molecule has 0 aliphatic carbocycles. The van der Waals surface area contributed by atoms with Crippen LogP contribution < -0.4 is 4.74 Å². The number of benzene rings is 1. The number of para-hydroxylation sites is 2. The molecule has 2 rings (SSSR count). The number of carbonyl (C=O) groups excluding carboxylic acids is 1. The second kappa shape index (κ2) is 6.02. The molecule has 0 fully saturated rings. The molecule has 0 saturated heterocycles. The van der Waals surface area contributed by atoms with Gasteiger partial charge >= 0.3 is 5.69 Å². The molecule has 1 atom stereocenters. The molecule has 20 heavy (non-hydrogen) atoms. The van der Waals surface area contributed by atoms with Crippen molar-refractivity contribution >= 4 is 34.4 Å². The van der Waals surface area contributed by atoms with Crippen molar-refractivity contribution in [2.75, 3.05) is 0 Å². The van der Waals surface area contributed by atoms with Gasteiger partial charge in [0.1, 0.15) is 0 Å². The number of hydrogen-bond acceptors (Lipinski definition) is 5. The third-order valence-electron chi connectivity index (χ3n) is 2.55.